The first-order chi connectivity index (χ1) is 12.5. The molecule has 0 aliphatic heterocycles. The standard InChI is InChI=1S/C16H16N6O4/c1-3-22-15(25)11-9(17)4-10(23)13(26-2)12(11)20-16(22)21-14(24)8-5-18-7-19-6-8/h4-7,23H,3,17H2,1-2H3,(H,20,21,24). The van der Waals surface area contributed by atoms with Gasteiger partial charge in [0.1, 0.15) is 11.8 Å². The van der Waals surface area contributed by atoms with Crippen molar-refractivity contribution in [3.63, 3.8) is 0 Å². The molecule has 4 N–H and O–H groups in total. The summed E-state index contributed by atoms with van der Waals surface area (Å²) in [7, 11) is 1.33. The molecule has 3 rings (SSSR count). The first-order valence-electron chi connectivity index (χ1n) is 7.64. The number of hydrogen-bond donors (Lipinski definition) is 3. The van der Waals surface area contributed by atoms with Gasteiger partial charge < -0.3 is 15.6 Å². The van der Waals surface area contributed by atoms with Gasteiger partial charge in [-0.05, 0) is 6.92 Å². The number of rotatable bonds is 4. The van der Waals surface area contributed by atoms with Crippen molar-refractivity contribution >= 4 is 28.4 Å². The highest BCUT2D eigenvalue weighted by molar-refractivity contribution is 6.04. The van der Waals surface area contributed by atoms with E-state index in [9.17, 15) is 14.7 Å². The van der Waals surface area contributed by atoms with Crippen molar-refractivity contribution in [2.24, 2.45) is 0 Å². The lowest BCUT2D eigenvalue weighted by molar-refractivity contribution is 0.102. The molecule has 0 aliphatic rings. The van der Waals surface area contributed by atoms with Crippen molar-refractivity contribution in [2.45, 2.75) is 13.5 Å². The maximum absolute atomic E-state index is 12.8. The molecule has 0 atom stereocenters. The van der Waals surface area contributed by atoms with Crippen molar-refractivity contribution < 1.29 is 14.6 Å². The number of nitrogens with two attached hydrogens (primary N) is 1. The zero-order valence-electron chi connectivity index (χ0n) is 14.1. The summed E-state index contributed by atoms with van der Waals surface area (Å²) in [6.07, 6.45) is 3.97. The minimum Gasteiger partial charge on any atom is -0.504 e. The smallest absolute Gasteiger partial charge is 0.265 e. The zero-order valence-corrected chi connectivity index (χ0v) is 14.1. The van der Waals surface area contributed by atoms with Gasteiger partial charge in [-0.1, -0.05) is 0 Å². The summed E-state index contributed by atoms with van der Waals surface area (Å²) in [5.74, 6) is -0.811. The fraction of sp³-hybridized carbons (Fsp3) is 0.188. The Balaban J connectivity index is 2.22. The number of nitrogens with one attached hydrogen (secondary N) is 1. The molecule has 134 valence electrons. The Morgan fingerprint density at radius 1 is 1.38 bits per heavy atom. The molecular formula is C16H16N6O4. The molecule has 10 heteroatoms. The highest BCUT2D eigenvalue weighted by atomic mass is 16.5. The molecule has 26 heavy (non-hydrogen) atoms. The van der Waals surface area contributed by atoms with Crippen molar-refractivity contribution in [1.29, 1.82) is 0 Å². The van der Waals surface area contributed by atoms with E-state index >= 15 is 0 Å². The molecule has 1 amide bonds. The number of nitrogens with zero attached hydrogens (tertiary/aromatic N) is 4. The first-order valence-corrected chi connectivity index (χ1v) is 7.64. The van der Waals surface area contributed by atoms with Crippen LogP contribution in [0.4, 0.5) is 11.6 Å². The Morgan fingerprint density at radius 2 is 2.08 bits per heavy atom. The van der Waals surface area contributed by atoms with Crippen LogP contribution in [0.15, 0.2) is 29.6 Å². The van der Waals surface area contributed by atoms with Crippen LogP contribution in [-0.4, -0.2) is 37.6 Å². The van der Waals surface area contributed by atoms with Gasteiger partial charge in [0.2, 0.25) is 5.95 Å². The molecule has 1 aromatic carbocycles. The van der Waals surface area contributed by atoms with Crippen molar-refractivity contribution in [3.8, 4) is 11.5 Å². The Morgan fingerprint density at radius 3 is 2.69 bits per heavy atom. The third-order valence-electron chi connectivity index (χ3n) is 3.77. The lowest BCUT2D eigenvalue weighted by Crippen LogP contribution is -2.27. The number of amides is 1. The van der Waals surface area contributed by atoms with Crippen molar-refractivity contribution in [1.82, 2.24) is 19.5 Å². The number of ether oxygens (including phenoxy) is 1. The molecular weight excluding hydrogens is 340 g/mol. The van der Waals surface area contributed by atoms with Gasteiger partial charge in [-0.2, -0.15) is 0 Å². The number of nitrogen functional groups attached to an aromatic ring is 1. The predicted molar refractivity (Wildman–Crippen MR) is 94.3 cm³/mol. The van der Waals surface area contributed by atoms with E-state index in [1.807, 2.05) is 0 Å². The van der Waals surface area contributed by atoms with E-state index in [1.165, 1.54) is 36.5 Å². The number of phenolic OH excluding ortho intramolecular Hbond substituents is 1. The van der Waals surface area contributed by atoms with E-state index in [4.69, 9.17) is 10.5 Å². The highest BCUT2D eigenvalue weighted by Crippen LogP contribution is 2.36. The molecule has 3 aromatic rings. The summed E-state index contributed by atoms with van der Waals surface area (Å²) in [6.45, 7) is 1.97. The van der Waals surface area contributed by atoms with Gasteiger partial charge in [-0.3, -0.25) is 19.5 Å². The molecule has 2 aromatic heterocycles. The van der Waals surface area contributed by atoms with Gasteiger partial charge in [-0.15, -0.1) is 0 Å². The second-order valence-corrected chi connectivity index (χ2v) is 5.31. The maximum atomic E-state index is 12.8. The molecule has 0 bridgehead atoms. The topological polar surface area (TPSA) is 145 Å². The van der Waals surface area contributed by atoms with Crippen LogP contribution < -0.4 is 21.3 Å². The van der Waals surface area contributed by atoms with Gasteiger partial charge in [0, 0.05) is 25.0 Å². The van der Waals surface area contributed by atoms with Crippen LogP contribution in [0.2, 0.25) is 0 Å². The van der Waals surface area contributed by atoms with E-state index in [0.29, 0.717) is 0 Å². The van der Waals surface area contributed by atoms with E-state index in [1.54, 1.807) is 6.92 Å². The second-order valence-electron chi connectivity index (χ2n) is 5.31. The summed E-state index contributed by atoms with van der Waals surface area (Å²) >= 11 is 0. The van der Waals surface area contributed by atoms with Gasteiger partial charge in [0.25, 0.3) is 11.5 Å². The van der Waals surface area contributed by atoms with Crippen LogP contribution in [0.1, 0.15) is 17.3 Å². The molecule has 0 spiro atoms. The number of anilines is 2. The molecule has 0 saturated heterocycles. The lowest BCUT2D eigenvalue weighted by atomic mass is 10.1. The molecule has 0 fully saturated rings. The Labute approximate surface area is 147 Å². The van der Waals surface area contributed by atoms with Crippen molar-refractivity contribution in [2.75, 3.05) is 18.2 Å². The monoisotopic (exact) mass is 356 g/mol. The molecule has 0 aliphatic carbocycles. The zero-order chi connectivity index (χ0) is 18.8. The number of carbonyl (C=O) groups excluding carboxylic acids is 1. The van der Waals surface area contributed by atoms with E-state index in [2.05, 4.69) is 20.3 Å². The number of benzene rings is 1. The van der Waals surface area contributed by atoms with Crippen LogP contribution in [0.5, 0.6) is 11.5 Å². The van der Waals surface area contributed by atoms with Crippen molar-refractivity contribution in [3.05, 3.63) is 40.7 Å². The van der Waals surface area contributed by atoms with E-state index in [-0.39, 0.29) is 46.1 Å². The minimum atomic E-state index is -0.536. The summed E-state index contributed by atoms with van der Waals surface area (Å²) in [5.41, 5.74) is 5.73. The Kier molecular flexibility index (Phi) is 4.40. The third kappa shape index (κ3) is 2.77. The normalized spacial score (nSPS) is 10.7. The average Bonchev–Trinajstić information content (AvgIpc) is 2.62. The van der Waals surface area contributed by atoms with E-state index in [0.717, 1.165) is 0 Å². The van der Waals surface area contributed by atoms with Gasteiger partial charge in [0.05, 0.1) is 23.7 Å². The quantitative estimate of drug-likeness (QED) is 0.581. The highest BCUT2D eigenvalue weighted by Gasteiger charge is 2.20. The van der Waals surface area contributed by atoms with Gasteiger partial charge in [-0.25, -0.2) is 15.0 Å². The number of phenols is 1. The number of fused-ring (bicyclic) bond motifs is 1. The third-order valence-corrected chi connectivity index (χ3v) is 3.77. The van der Waals surface area contributed by atoms with E-state index < -0.39 is 11.5 Å². The number of carbonyl (C=O) groups is 1. The summed E-state index contributed by atoms with van der Waals surface area (Å²) in [5, 5.41) is 12.7. The number of methoxy groups -OCH3 is 1. The Bertz CT molecular complexity index is 1050. The minimum absolute atomic E-state index is 0.00639. The fourth-order valence-electron chi connectivity index (χ4n) is 2.57. The molecule has 2 heterocycles. The second kappa shape index (κ2) is 6.67. The predicted octanol–water partition coefficient (Wildman–Crippen LogP) is 0.755. The van der Waals surface area contributed by atoms with Crippen LogP contribution in [0.3, 0.4) is 0 Å². The first kappa shape index (κ1) is 17.1. The van der Waals surface area contributed by atoms with Gasteiger partial charge >= 0.3 is 0 Å². The summed E-state index contributed by atoms with van der Waals surface area (Å²) in [4.78, 5) is 37.0. The largest absolute Gasteiger partial charge is 0.504 e. The SMILES string of the molecule is CCn1c(NC(=O)c2cncnc2)nc2c(OC)c(O)cc(N)c2c1=O. The van der Waals surface area contributed by atoms with Crippen LogP contribution in [0.25, 0.3) is 10.9 Å². The summed E-state index contributed by atoms with van der Waals surface area (Å²) < 4.78 is 6.40. The lowest BCUT2D eigenvalue weighted by Gasteiger charge is -2.15. The van der Waals surface area contributed by atoms with Crippen LogP contribution in [0, 0.1) is 0 Å². The molecule has 0 saturated carbocycles. The van der Waals surface area contributed by atoms with Crippen LogP contribution >= 0.6 is 0 Å². The molecule has 10 nitrogen and oxygen atoms in total. The van der Waals surface area contributed by atoms with Gasteiger partial charge in [0.15, 0.2) is 11.5 Å². The number of aromatic hydroxyl groups is 1. The molecule has 0 radical (unpaired) electrons. The number of hydrogen-bond acceptors (Lipinski definition) is 8. The fourth-order valence-corrected chi connectivity index (χ4v) is 2.57. The average molecular weight is 356 g/mol. The Hall–Kier alpha value is -3.69. The molecule has 0 unspecified atom stereocenters. The number of aromatic nitrogens is 4. The maximum Gasteiger partial charge on any atom is 0.265 e. The summed E-state index contributed by atoms with van der Waals surface area (Å²) in [6, 6.07) is 1.23. The van der Waals surface area contributed by atoms with Crippen LogP contribution in [-0.2, 0) is 6.54 Å².